The van der Waals surface area contributed by atoms with Gasteiger partial charge >= 0.3 is 5.97 Å². The van der Waals surface area contributed by atoms with Crippen molar-refractivity contribution in [3.63, 3.8) is 0 Å². The van der Waals surface area contributed by atoms with Gasteiger partial charge in [0.05, 0.1) is 11.1 Å². The Morgan fingerprint density at radius 2 is 2.25 bits per heavy atom. The topological polar surface area (TPSA) is 70.4 Å². The number of hydrogen-bond acceptors (Lipinski definition) is 4. The minimum Gasteiger partial charge on any atom is -0.481 e. The molecule has 1 aliphatic carbocycles. The van der Waals surface area contributed by atoms with Crippen LogP contribution in [0, 0.1) is 0 Å². The van der Waals surface area contributed by atoms with E-state index in [0.29, 0.717) is 18.8 Å². The van der Waals surface area contributed by atoms with Crippen LogP contribution in [-0.4, -0.2) is 27.3 Å². The lowest BCUT2D eigenvalue weighted by atomic mass is 9.66. The number of carboxylic acids is 1. The molecule has 0 atom stereocenters. The highest BCUT2D eigenvalue weighted by atomic mass is 32.1. The molecule has 0 unspecified atom stereocenters. The molecule has 2 rings (SSSR count). The summed E-state index contributed by atoms with van der Waals surface area (Å²) in [7, 11) is 0. The molecule has 5 heteroatoms. The number of aliphatic hydroxyl groups excluding tert-OH is 1. The highest BCUT2D eigenvalue weighted by Gasteiger charge is 2.52. The number of nitrogens with zero attached hydrogens (tertiary/aromatic N) is 1. The van der Waals surface area contributed by atoms with Crippen molar-refractivity contribution in [3.8, 4) is 0 Å². The Labute approximate surface area is 98.0 Å². The van der Waals surface area contributed by atoms with E-state index in [1.165, 1.54) is 11.3 Å². The predicted molar refractivity (Wildman–Crippen MR) is 60.8 cm³/mol. The normalized spacial score (nSPS) is 29.1. The van der Waals surface area contributed by atoms with Crippen molar-refractivity contribution in [2.75, 3.05) is 0 Å². The van der Waals surface area contributed by atoms with Crippen molar-refractivity contribution < 1.29 is 15.0 Å². The molecular formula is C11H15NO3S. The van der Waals surface area contributed by atoms with Gasteiger partial charge in [-0.3, -0.25) is 4.79 Å². The first-order chi connectivity index (χ1) is 7.45. The van der Waals surface area contributed by atoms with E-state index in [2.05, 4.69) is 4.98 Å². The maximum absolute atomic E-state index is 11.3. The Morgan fingerprint density at radius 3 is 2.62 bits per heavy atom. The van der Waals surface area contributed by atoms with Crippen molar-refractivity contribution in [3.05, 3.63) is 16.1 Å². The number of carboxylic acid groups (broad SMARTS) is 1. The molecule has 0 amide bonds. The number of hydrogen-bond donors (Lipinski definition) is 2. The van der Waals surface area contributed by atoms with E-state index in [4.69, 9.17) is 0 Å². The van der Waals surface area contributed by atoms with Gasteiger partial charge in [-0.15, -0.1) is 11.3 Å². The maximum Gasteiger partial charge on any atom is 0.315 e. The van der Waals surface area contributed by atoms with Crippen LogP contribution in [0.1, 0.15) is 42.5 Å². The number of carbonyl (C=O) groups is 1. The number of aliphatic carboxylic acids is 1. The lowest BCUT2D eigenvalue weighted by molar-refractivity contribution is -0.152. The van der Waals surface area contributed by atoms with Gasteiger partial charge in [-0.2, -0.15) is 0 Å². The Bertz CT molecular complexity index is 407. The SMILES string of the molecule is CC(C)c1ncc(C2(C(=O)O)CC(O)C2)s1. The Morgan fingerprint density at radius 1 is 1.62 bits per heavy atom. The second-order valence-corrected chi connectivity index (χ2v) is 5.73. The fourth-order valence-corrected chi connectivity index (χ4v) is 3.12. The maximum atomic E-state index is 11.3. The summed E-state index contributed by atoms with van der Waals surface area (Å²) in [5, 5.41) is 19.6. The summed E-state index contributed by atoms with van der Waals surface area (Å²) in [6, 6.07) is 0. The molecule has 0 bridgehead atoms. The molecular weight excluding hydrogens is 226 g/mol. The van der Waals surface area contributed by atoms with Gasteiger partial charge in [0.15, 0.2) is 0 Å². The smallest absolute Gasteiger partial charge is 0.315 e. The third-order valence-corrected chi connectivity index (χ3v) is 4.57. The van der Waals surface area contributed by atoms with Crippen LogP contribution in [0.4, 0.5) is 0 Å². The molecule has 0 saturated heterocycles. The van der Waals surface area contributed by atoms with E-state index >= 15 is 0 Å². The Balaban J connectivity index is 2.30. The summed E-state index contributed by atoms with van der Waals surface area (Å²) in [4.78, 5) is 16.3. The van der Waals surface area contributed by atoms with Gasteiger partial charge in [0.1, 0.15) is 5.41 Å². The molecule has 4 nitrogen and oxygen atoms in total. The second-order valence-electron chi connectivity index (χ2n) is 4.67. The minimum atomic E-state index is -0.885. The van der Waals surface area contributed by atoms with Crippen LogP contribution in [-0.2, 0) is 10.2 Å². The van der Waals surface area contributed by atoms with E-state index in [-0.39, 0.29) is 0 Å². The van der Waals surface area contributed by atoms with Crippen LogP contribution in [0.15, 0.2) is 6.20 Å². The van der Waals surface area contributed by atoms with Crippen LogP contribution in [0.5, 0.6) is 0 Å². The van der Waals surface area contributed by atoms with Crippen molar-refractivity contribution in [2.45, 2.75) is 44.1 Å². The molecule has 0 aliphatic heterocycles. The van der Waals surface area contributed by atoms with E-state index in [1.54, 1.807) is 6.20 Å². The second kappa shape index (κ2) is 3.82. The van der Waals surface area contributed by atoms with Gasteiger partial charge in [0.25, 0.3) is 0 Å². The third kappa shape index (κ3) is 1.64. The highest BCUT2D eigenvalue weighted by Crippen LogP contribution is 2.46. The third-order valence-electron chi connectivity index (χ3n) is 3.07. The standard InChI is InChI=1S/C11H15NO3S/c1-6(2)9-12-5-8(16-9)11(10(14)15)3-7(13)4-11/h5-7,13H,3-4H2,1-2H3,(H,14,15). The van der Waals surface area contributed by atoms with Gasteiger partial charge in [0, 0.05) is 17.0 Å². The van der Waals surface area contributed by atoms with Gasteiger partial charge in [-0.05, 0) is 12.8 Å². The molecule has 0 aromatic carbocycles. The van der Waals surface area contributed by atoms with Crippen molar-refractivity contribution in [1.82, 2.24) is 4.98 Å². The van der Waals surface area contributed by atoms with Crippen LogP contribution >= 0.6 is 11.3 Å². The first-order valence-corrected chi connectivity index (χ1v) is 6.15. The molecule has 16 heavy (non-hydrogen) atoms. The molecule has 1 heterocycles. The summed E-state index contributed by atoms with van der Waals surface area (Å²) in [5.74, 6) is -0.536. The monoisotopic (exact) mass is 241 g/mol. The molecule has 0 radical (unpaired) electrons. The van der Waals surface area contributed by atoms with Gasteiger partial charge < -0.3 is 10.2 Å². The average molecular weight is 241 g/mol. The van der Waals surface area contributed by atoms with Crippen molar-refractivity contribution in [2.24, 2.45) is 0 Å². The number of aromatic nitrogens is 1. The minimum absolute atomic E-state index is 0.308. The number of rotatable bonds is 3. The first-order valence-electron chi connectivity index (χ1n) is 5.33. The summed E-state index contributed by atoms with van der Waals surface area (Å²) in [5.41, 5.74) is -0.885. The summed E-state index contributed by atoms with van der Waals surface area (Å²) in [6.07, 6.45) is 1.78. The largest absolute Gasteiger partial charge is 0.481 e. The van der Waals surface area contributed by atoms with Crippen LogP contribution < -0.4 is 0 Å². The van der Waals surface area contributed by atoms with E-state index in [1.807, 2.05) is 13.8 Å². The highest BCUT2D eigenvalue weighted by molar-refractivity contribution is 7.12. The van der Waals surface area contributed by atoms with Gasteiger partial charge in [-0.25, -0.2) is 4.98 Å². The fraction of sp³-hybridized carbons (Fsp3) is 0.636. The number of thiazole rings is 1. The first kappa shape index (κ1) is 11.5. The average Bonchev–Trinajstić information content (AvgIpc) is 2.60. The predicted octanol–water partition coefficient (Wildman–Crippen LogP) is 1.74. The molecule has 2 N–H and O–H groups in total. The lowest BCUT2D eigenvalue weighted by Gasteiger charge is -2.40. The van der Waals surface area contributed by atoms with Gasteiger partial charge in [0.2, 0.25) is 0 Å². The molecule has 1 saturated carbocycles. The summed E-state index contributed by atoms with van der Waals surface area (Å²) in [6.45, 7) is 4.07. The Kier molecular flexibility index (Phi) is 2.75. The molecule has 1 aromatic rings. The summed E-state index contributed by atoms with van der Waals surface area (Å²) >= 11 is 1.45. The van der Waals surface area contributed by atoms with Crippen molar-refractivity contribution >= 4 is 17.3 Å². The molecule has 1 fully saturated rings. The zero-order valence-corrected chi connectivity index (χ0v) is 10.1. The fourth-order valence-electron chi connectivity index (χ4n) is 2.00. The lowest BCUT2D eigenvalue weighted by Crippen LogP contribution is -2.50. The van der Waals surface area contributed by atoms with E-state index in [0.717, 1.165) is 9.88 Å². The molecule has 1 aliphatic rings. The van der Waals surface area contributed by atoms with Crippen molar-refractivity contribution in [1.29, 1.82) is 0 Å². The molecule has 88 valence electrons. The van der Waals surface area contributed by atoms with E-state index in [9.17, 15) is 15.0 Å². The van der Waals surface area contributed by atoms with Crippen LogP contribution in [0.25, 0.3) is 0 Å². The zero-order chi connectivity index (χ0) is 11.9. The van der Waals surface area contributed by atoms with Gasteiger partial charge in [-0.1, -0.05) is 13.8 Å². The Hall–Kier alpha value is -0.940. The quantitative estimate of drug-likeness (QED) is 0.845. The van der Waals surface area contributed by atoms with Crippen LogP contribution in [0.3, 0.4) is 0 Å². The number of aliphatic hydroxyl groups is 1. The zero-order valence-electron chi connectivity index (χ0n) is 9.30. The molecule has 1 aromatic heterocycles. The summed E-state index contributed by atoms with van der Waals surface area (Å²) < 4.78 is 0. The van der Waals surface area contributed by atoms with Crippen LogP contribution in [0.2, 0.25) is 0 Å². The molecule has 0 spiro atoms. The van der Waals surface area contributed by atoms with E-state index < -0.39 is 17.5 Å².